The van der Waals surface area contributed by atoms with Crippen LogP contribution in [0.5, 0.6) is 0 Å². The molecule has 0 aromatic carbocycles. The summed E-state index contributed by atoms with van der Waals surface area (Å²) in [5.41, 5.74) is 7.02. The van der Waals surface area contributed by atoms with Crippen LogP contribution in [0.2, 0.25) is 0 Å². The normalized spacial score (nSPS) is 28.6. The number of nitrogens with two attached hydrogens (primary N) is 1. The number of fused-ring (bicyclic) bond motifs is 1. The molecule has 2 rings (SSSR count). The van der Waals surface area contributed by atoms with Crippen molar-refractivity contribution in [2.45, 2.75) is 44.8 Å². The van der Waals surface area contributed by atoms with Crippen molar-refractivity contribution in [1.29, 1.82) is 0 Å². The molecule has 14 heavy (non-hydrogen) atoms. The fourth-order valence-electron chi connectivity index (χ4n) is 2.40. The van der Waals surface area contributed by atoms with E-state index in [1.165, 1.54) is 0 Å². The molecule has 3 heteroatoms. The first-order chi connectivity index (χ1) is 6.55. The molecule has 0 spiro atoms. The smallest absolute Gasteiger partial charge is 0.108 e. The van der Waals surface area contributed by atoms with Gasteiger partial charge in [0, 0.05) is 11.6 Å². The molecule has 0 aliphatic heterocycles. The summed E-state index contributed by atoms with van der Waals surface area (Å²) in [5, 5.41) is 10.5. The van der Waals surface area contributed by atoms with Gasteiger partial charge in [0.25, 0.3) is 0 Å². The van der Waals surface area contributed by atoms with Gasteiger partial charge in [0.1, 0.15) is 11.4 Å². The summed E-state index contributed by atoms with van der Waals surface area (Å²) in [6.45, 7) is 3.74. The number of hydrogen-bond donors (Lipinski definition) is 2. The molecule has 1 aliphatic rings. The standard InChI is InChI=1S/C11H17NO2/c1-7-10-9(6-14-7)4-3-5-11(10,13)8(2)12/h6,8,13H,3-5,12H2,1-2H3. The van der Waals surface area contributed by atoms with Crippen LogP contribution in [-0.2, 0) is 12.0 Å². The Morgan fingerprint density at radius 3 is 3.00 bits per heavy atom. The molecule has 0 bridgehead atoms. The highest BCUT2D eigenvalue weighted by Gasteiger charge is 2.40. The van der Waals surface area contributed by atoms with Gasteiger partial charge in [-0.3, -0.25) is 0 Å². The summed E-state index contributed by atoms with van der Waals surface area (Å²) in [7, 11) is 0. The topological polar surface area (TPSA) is 59.4 Å². The van der Waals surface area contributed by atoms with Crippen molar-refractivity contribution in [2.75, 3.05) is 0 Å². The van der Waals surface area contributed by atoms with Crippen molar-refractivity contribution in [3.8, 4) is 0 Å². The molecular weight excluding hydrogens is 178 g/mol. The third-order valence-corrected chi connectivity index (χ3v) is 3.24. The van der Waals surface area contributed by atoms with E-state index in [-0.39, 0.29) is 6.04 Å². The fraction of sp³-hybridized carbons (Fsp3) is 0.636. The zero-order chi connectivity index (χ0) is 10.3. The summed E-state index contributed by atoms with van der Waals surface area (Å²) in [5.74, 6) is 0.805. The van der Waals surface area contributed by atoms with Gasteiger partial charge in [-0.05, 0) is 38.7 Å². The second kappa shape index (κ2) is 3.11. The molecule has 0 amide bonds. The summed E-state index contributed by atoms with van der Waals surface area (Å²) in [6.07, 6.45) is 4.45. The molecule has 1 heterocycles. The molecule has 1 aromatic heterocycles. The minimum absolute atomic E-state index is 0.252. The molecule has 3 N–H and O–H groups in total. The first-order valence-electron chi connectivity index (χ1n) is 5.11. The molecule has 0 saturated carbocycles. The Morgan fingerprint density at radius 1 is 1.64 bits per heavy atom. The second-order valence-electron chi connectivity index (χ2n) is 4.26. The fourth-order valence-corrected chi connectivity index (χ4v) is 2.40. The highest BCUT2D eigenvalue weighted by Crippen LogP contribution is 2.39. The quantitative estimate of drug-likeness (QED) is 0.713. The summed E-state index contributed by atoms with van der Waals surface area (Å²) >= 11 is 0. The SMILES string of the molecule is Cc1occ2c1C(O)(C(C)N)CCC2. The van der Waals surface area contributed by atoms with Crippen LogP contribution < -0.4 is 5.73 Å². The molecule has 78 valence electrons. The third-order valence-electron chi connectivity index (χ3n) is 3.24. The van der Waals surface area contributed by atoms with Crippen molar-refractivity contribution in [1.82, 2.24) is 0 Å². The van der Waals surface area contributed by atoms with Crippen LogP contribution in [0.25, 0.3) is 0 Å². The minimum atomic E-state index is -0.884. The van der Waals surface area contributed by atoms with E-state index in [1.807, 2.05) is 13.8 Å². The third kappa shape index (κ3) is 1.20. The van der Waals surface area contributed by atoms with Crippen LogP contribution in [-0.4, -0.2) is 11.1 Å². The predicted octanol–water partition coefficient (Wildman–Crippen LogP) is 1.46. The molecule has 0 fully saturated rings. The maximum absolute atomic E-state index is 10.5. The lowest BCUT2D eigenvalue weighted by Gasteiger charge is -2.35. The van der Waals surface area contributed by atoms with Crippen molar-refractivity contribution in [3.63, 3.8) is 0 Å². The zero-order valence-corrected chi connectivity index (χ0v) is 8.71. The second-order valence-corrected chi connectivity index (χ2v) is 4.26. The van der Waals surface area contributed by atoms with Crippen LogP contribution in [0.3, 0.4) is 0 Å². The number of furan rings is 1. The van der Waals surface area contributed by atoms with Gasteiger partial charge >= 0.3 is 0 Å². The number of hydrogen-bond acceptors (Lipinski definition) is 3. The Hall–Kier alpha value is -0.800. The maximum Gasteiger partial charge on any atom is 0.108 e. The Kier molecular flexibility index (Phi) is 2.16. The molecule has 2 unspecified atom stereocenters. The minimum Gasteiger partial charge on any atom is -0.469 e. The average molecular weight is 195 g/mol. The Labute approximate surface area is 83.9 Å². The largest absolute Gasteiger partial charge is 0.469 e. The van der Waals surface area contributed by atoms with Gasteiger partial charge in [0.05, 0.1) is 6.26 Å². The average Bonchev–Trinajstić information content (AvgIpc) is 2.49. The van der Waals surface area contributed by atoms with Gasteiger partial charge in [-0.25, -0.2) is 0 Å². The van der Waals surface area contributed by atoms with Crippen LogP contribution >= 0.6 is 0 Å². The van der Waals surface area contributed by atoms with E-state index in [4.69, 9.17) is 10.2 Å². The van der Waals surface area contributed by atoms with Gasteiger partial charge in [-0.1, -0.05) is 0 Å². The van der Waals surface area contributed by atoms with Crippen molar-refractivity contribution in [2.24, 2.45) is 5.73 Å². The van der Waals surface area contributed by atoms with Crippen LogP contribution in [0.4, 0.5) is 0 Å². The molecule has 1 aliphatic carbocycles. The number of aliphatic hydroxyl groups is 1. The van der Waals surface area contributed by atoms with Gasteiger partial charge < -0.3 is 15.3 Å². The van der Waals surface area contributed by atoms with E-state index in [0.717, 1.165) is 36.1 Å². The van der Waals surface area contributed by atoms with Crippen LogP contribution in [0.15, 0.2) is 10.7 Å². The highest BCUT2D eigenvalue weighted by atomic mass is 16.3. The van der Waals surface area contributed by atoms with Crippen molar-refractivity contribution >= 4 is 0 Å². The van der Waals surface area contributed by atoms with E-state index in [9.17, 15) is 5.11 Å². The predicted molar refractivity (Wildman–Crippen MR) is 53.9 cm³/mol. The molecule has 3 nitrogen and oxygen atoms in total. The lowest BCUT2D eigenvalue weighted by atomic mass is 9.76. The first kappa shape index (κ1) is 9.74. The lowest BCUT2D eigenvalue weighted by molar-refractivity contribution is -0.00254. The van der Waals surface area contributed by atoms with Crippen LogP contribution in [0, 0.1) is 6.92 Å². The van der Waals surface area contributed by atoms with E-state index in [2.05, 4.69) is 0 Å². The molecule has 0 saturated heterocycles. The number of rotatable bonds is 1. The van der Waals surface area contributed by atoms with Crippen molar-refractivity contribution < 1.29 is 9.52 Å². The zero-order valence-electron chi connectivity index (χ0n) is 8.71. The molecule has 0 radical (unpaired) electrons. The molecular formula is C11H17NO2. The lowest BCUT2D eigenvalue weighted by Crippen LogP contribution is -2.45. The van der Waals surface area contributed by atoms with Gasteiger partial charge in [0.2, 0.25) is 0 Å². The van der Waals surface area contributed by atoms with E-state index in [1.54, 1.807) is 6.26 Å². The Balaban J connectivity index is 2.53. The van der Waals surface area contributed by atoms with E-state index < -0.39 is 5.60 Å². The number of aryl methyl sites for hydroxylation is 2. The van der Waals surface area contributed by atoms with Crippen LogP contribution in [0.1, 0.15) is 36.7 Å². The summed E-state index contributed by atoms with van der Waals surface area (Å²) in [6, 6.07) is -0.252. The molecule has 2 atom stereocenters. The van der Waals surface area contributed by atoms with Crippen molar-refractivity contribution in [3.05, 3.63) is 23.2 Å². The van der Waals surface area contributed by atoms with Gasteiger partial charge in [-0.2, -0.15) is 0 Å². The van der Waals surface area contributed by atoms with Gasteiger partial charge in [0.15, 0.2) is 0 Å². The highest BCUT2D eigenvalue weighted by molar-refractivity contribution is 5.36. The Bertz CT molecular complexity index is 343. The molecule has 1 aromatic rings. The van der Waals surface area contributed by atoms with E-state index in [0.29, 0.717) is 0 Å². The van der Waals surface area contributed by atoms with Gasteiger partial charge in [-0.15, -0.1) is 0 Å². The Morgan fingerprint density at radius 2 is 2.36 bits per heavy atom. The monoisotopic (exact) mass is 195 g/mol. The summed E-state index contributed by atoms with van der Waals surface area (Å²) < 4.78 is 5.35. The summed E-state index contributed by atoms with van der Waals surface area (Å²) in [4.78, 5) is 0. The maximum atomic E-state index is 10.5. The van der Waals surface area contributed by atoms with E-state index >= 15 is 0 Å². The first-order valence-corrected chi connectivity index (χ1v) is 5.11.